The first-order valence-electron chi connectivity index (χ1n) is 24.7. The zero-order valence-electron chi connectivity index (χ0n) is 41.5. The zero-order valence-corrected chi connectivity index (χ0v) is 42.3. The van der Waals surface area contributed by atoms with E-state index in [1.807, 2.05) is 96.3 Å². The number of benzene rings is 2. The molecule has 2 heterocycles. The number of likely N-dealkylation sites (tertiary alicyclic amines) is 1. The normalized spacial score (nSPS) is 16.9. The molecular formula is C52H80N6O8S. The molecule has 3 amide bonds. The van der Waals surface area contributed by atoms with Gasteiger partial charge in [0, 0.05) is 37.1 Å². The van der Waals surface area contributed by atoms with Crippen molar-refractivity contribution in [1.29, 1.82) is 0 Å². The fraction of sp³-hybridized carbons (Fsp3) is 0.635. The van der Waals surface area contributed by atoms with Gasteiger partial charge < -0.3 is 40.2 Å². The number of nitrogens with zero attached hydrogens (tertiary/aromatic N) is 3. The fourth-order valence-corrected chi connectivity index (χ4v) is 9.20. The van der Waals surface area contributed by atoms with Crippen LogP contribution in [0.5, 0.6) is 5.75 Å². The molecule has 4 rings (SSSR count). The molecule has 3 aromatic rings. The number of hydrogen-bond acceptors (Lipinski definition) is 12. The zero-order chi connectivity index (χ0) is 48.7. The largest absolute Gasteiger partial charge is 0.494 e. The van der Waals surface area contributed by atoms with Gasteiger partial charge in [-0.25, -0.2) is 4.98 Å². The average molecular weight is 949 g/mol. The van der Waals surface area contributed by atoms with E-state index in [2.05, 4.69) is 29.4 Å². The van der Waals surface area contributed by atoms with Gasteiger partial charge in [0.1, 0.15) is 41.9 Å². The molecule has 0 bridgehead atoms. The summed E-state index contributed by atoms with van der Waals surface area (Å²) in [6.07, 6.45) is 6.68. The molecule has 15 heteroatoms. The van der Waals surface area contributed by atoms with Crippen LogP contribution in [0, 0.1) is 17.8 Å². The summed E-state index contributed by atoms with van der Waals surface area (Å²) in [5.41, 5.74) is 7.74. The molecule has 14 nitrogen and oxygen atoms in total. The predicted octanol–water partition coefficient (Wildman–Crippen LogP) is 8.09. The van der Waals surface area contributed by atoms with E-state index < -0.39 is 24.1 Å². The molecule has 0 radical (unpaired) electrons. The first-order valence-corrected chi connectivity index (χ1v) is 25.6. The molecule has 7 atom stereocenters. The summed E-state index contributed by atoms with van der Waals surface area (Å²) in [6.45, 7) is 17.1. The van der Waals surface area contributed by atoms with Gasteiger partial charge in [0.25, 0.3) is 5.91 Å². The minimum Gasteiger partial charge on any atom is -0.494 e. The van der Waals surface area contributed by atoms with E-state index in [1.54, 1.807) is 10.3 Å². The number of piperidine rings is 1. The Hall–Kier alpha value is -4.41. The minimum atomic E-state index is -0.737. The van der Waals surface area contributed by atoms with Gasteiger partial charge in [-0.2, -0.15) is 0 Å². The number of ether oxygens (including phenoxy) is 4. The maximum atomic E-state index is 14.8. The number of rotatable bonds is 30. The third kappa shape index (κ3) is 17.9. The topological polar surface area (TPSA) is 175 Å². The van der Waals surface area contributed by atoms with Crippen LogP contribution in [0.25, 0.3) is 0 Å². The SMILES string of the molecule is CCCO[C@H](CC(C(C)C)N(COCC)C(=O)[C@@H](NC(=O)[C@H]1CCCCN1C)[C@@H](C)CC)c1nc(C(=O)N[C@@H](Cc2ccc(OCCCCN)cc2)C[C@H](C)C(=O)OCc2ccccc2)cs1. The second-order valence-electron chi connectivity index (χ2n) is 18.4. The number of hydrogen-bond donors (Lipinski definition) is 3. The number of carbonyl (C=O) groups is 4. The van der Waals surface area contributed by atoms with Crippen molar-refractivity contribution in [2.24, 2.45) is 23.5 Å². The van der Waals surface area contributed by atoms with Crippen LogP contribution in [-0.2, 0) is 41.6 Å². The van der Waals surface area contributed by atoms with Crippen molar-refractivity contribution in [2.45, 2.75) is 150 Å². The highest BCUT2D eigenvalue weighted by Crippen LogP contribution is 2.32. The predicted molar refractivity (Wildman–Crippen MR) is 265 cm³/mol. The Morgan fingerprint density at radius 3 is 2.33 bits per heavy atom. The molecule has 1 saturated heterocycles. The lowest BCUT2D eigenvalue weighted by Crippen LogP contribution is -2.59. The van der Waals surface area contributed by atoms with Crippen LogP contribution in [-0.4, -0.2) is 109 Å². The van der Waals surface area contributed by atoms with Crippen molar-refractivity contribution in [3.05, 3.63) is 81.8 Å². The molecule has 1 aliphatic rings. The second kappa shape index (κ2) is 29.5. The highest BCUT2D eigenvalue weighted by atomic mass is 32.1. The monoisotopic (exact) mass is 949 g/mol. The maximum absolute atomic E-state index is 14.8. The summed E-state index contributed by atoms with van der Waals surface area (Å²) in [5.74, 6) is -0.900. The first kappa shape index (κ1) is 55.2. The van der Waals surface area contributed by atoms with Crippen LogP contribution >= 0.6 is 11.3 Å². The van der Waals surface area contributed by atoms with E-state index in [4.69, 9.17) is 29.7 Å². The second-order valence-corrected chi connectivity index (χ2v) is 19.3. The van der Waals surface area contributed by atoms with Gasteiger partial charge in [0.2, 0.25) is 11.8 Å². The molecule has 0 saturated carbocycles. The highest BCUT2D eigenvalue weighted by Gasteiger charge is 2.38. The van der Waals surface area contributed by atoms with Crippen molar-refractivity contribution in [1.82, 2.24) is 25.4 Å². The summed E-state index contributed by atoms with van der Waals surface area (Å²) in [5, 5.41) is 8.73. The molecule has 2 aromatic carbocycles. The molecule has 67 heavy (non-hydrogen) atoms. The van der Waals surface area contributed by atoms with Gasteiger partial charge in [0.05, 0.1) is 18.6 Å². The van der Waals surface area contributed by atoms with Crippen LogP contribution in [0.15, 0.2) is 60.0 Å². The molecule has 4 N–H and O–H groups in total. The van der Waals surface area contributed by atoms with Crippen LogP contribution in [0.2, 0.25) is 0 Å². The van der Waals surface area contributed by atoms with E-state index >= 15 is 0 Å². The summed E-state index contributed by atoms with van der Waals surface area (Å²) in [6, 6.07) is 15.5. The van der Waals surface area contributed by atoms with Gasteiger partial charge in [-0.05, 0) is 107 Å². The van der Waals surface area contributed by atoms with Gasteiger partial charge in [0.15, 0.2) is 0 Å². The molecule has 0 spiro atoms. The van der Waals surface area contributed by atoms with Gasteiger partial charge in [-0.3, -0.25) is 24.1 Å². The lowest BCUT2D eigenvalue weighted by Gasteiger charge is -2.40. The van der Waals surface area contributed by atoms with E-state index in [0.717, 1.165) is 61.9 Å². The summed E-state index contributed by atoms with van der Waals surface area (Å²) < 4.78 is 24.1. The Kier molecular flexibility index (Phi) is 24.3. The standard InChI is InChI=1S/C52H80N6O8S/c1-9-28-65-46(32-45(36(4)5)58(35-63-11-3)51(61)47(37(6)10-2)56-49(60)44-21-15-17-27-57(44)8)50-55-43(34-67-50)48(59)54-41(30-38(7)52(62)66-33-40-19-13-12-14-20-40)31-39-22-24-42(25-23-39)64-29-18-16-26-53/h12-14,19-20,22-25,34,36-38,41,44-47H,9-11,15-18,21,26-33,35,53H2,1-8H3,(H,54,59)(H,56,60)/t37-,38-,41+,44+,45?,46+,47-/m0/s1. The molecule has 372 valence electrons. The molecule has 1 aliphatic heterocycles. The van der Waals surface area contributed by atoms with E-state index in [-0.39, 0.29) is 66.6 Å². The Bertz CT molecular complexity index is 1910. The Labute approximate surface area is 404 Å². The van der Waals surface area contributed by atoms with Crippen molar-refractivity contribution in [3.63, 3.8) is 0 Å². The van der Waals surface area contributed by atoms with E-state index in [1.165, 1.54) is 11.3 Å². The Balaban J connectivity index is 1.56. The average Bonchev–Trinajstić information content (AvgIpc) is 3.83. The van der Waals surface area contributed by atoms with Crippen molar-refractivity contribution in [2.75, 3.05) is 46.7 Å². The van der Waals surface area contributed by atoms with Crippen molar-refractivity contribution >= 4 is 35.0 Å². The van der Waals surface area contributed by atoms with Crippen LogP contribution < -0.4 is 21.1 Å². The molecule has 0 aliphatic carbocycles. The number of amides is 3. The van der Waals surface area contributed by atoms with Gasteiger partial charge in [-0.15, -0.1) is 11.3 Å². The number of nitrogens with one attached hydrogen (secondary N) is 2. The van der Waals surface area contributed by atoms with Crippen LogP contribution in [0.3, 0.4) is 0 Å². The maximum Gasteiger partial charge on any atom is 0.309 e. The summed E-state index contributed by atoms with van der Waals surface area (Å²) in [7, 11) is 1.97. The number of aromatic nitrogens is 1. The van der Waals surface area contributed by atoms with Crippen molar-refractivity contribution < 1.29 is 38.1 Å². The minimum absolute atomic E-state index is 0.0171. The third-order valence-electron chi connectivity index (χ3n) is 12.6. The summed E-state index contributed by atoms with van der Waals surface area (Å²) >= 11 is 1.34. The third-order valence-corrected chi connectivity index (χ3v) is 13.6. The Morgan fingerprint density at radius 1 is 0.925 bits per heavy atom. The lowest BCUT2D eigenvalue weighted by molar-refractivity contribution is -0.150. The first-order chi connectivity index (χ1) is 32.3. The number of thiazole rings is 1. The number of esters is 1. The molecule has 1 unspecified atom stereocenters. The number of unbranched alkanes of at least 4 members (excludes halogenated alkanes) is 1. The quantitative estimate of drug-likeness (QED) is 0.0335. The molecule has 1 fully saturated rings. The van der Waals surface area contributed by atoms with Crippen LogP contribution in [0.4, 0.5) is 0 Å². The Morgan fingerprint density at radius 2 is 1.67 bits per heavy atom. The number of carbonyl (C=O) groups excluding carboxylic acids is 4. The van der Waals surface area contributed by atoms with Crippen LogP contribution in [0.1, 0.15) is 139 Å². The van der Waals surface area contributed by atoms with E-state index in [0.29, 0.717) is 57.1 Å². The van der Waals surface area contributed by atoms with E-state index in [9.17, 15) is 19.2 Å². The molecule has 1 aromatic heterocycles. The van der Waals surface area contributed by atoms with Crippen molar-refractivity contribution in [3.8, 4) is 5.75 Å². The fourth-order valence-electron chi connectivity index (χ4n) is 8.34. The summed E-state index contributed by atoms with van der Waals surface area (Å²) in [4.78, 5) is 64.7. The van der Waals surface area contributed by atoms with Gasteiger partial charge >= 0.3 is 5.97 Å². The highest BCUT2D eigenvalue weighted by molar-refractivity contribution is 7.09. The number of nitrogens with two attached hydrogens (primary N) is 1. The molecular weight excluding hydrogens is 869 g/mol. The lowest BCUT2D eigenvalue weighted by atomic mass is 9.92. The smallest absolute Gasteiger partial charge is 0.309 e. The number of likely N-dealkylation sites (N-methyl/N-ethyl adjacent to an activating group) is 1. The van der Waals surface area contributed by atoms with Gasteiger partial charge in [-0.1, -0.05) is 96.8 Å².